The average Bonchev–Trinajstić information content (AvgIpc) is 3.48. The van der Waals surface area contributed by atoms with Crippen LogP contribution in [-0.2, 0) is 4.74 Å². The first-order valence-corrected chi connectivity index (χ1v) is 10.8. The number of pyridine rings is 1. The van der Waals surface area contributed by atoms with Crippen LogP contribution in [0.15, 0.2) is 42.6 Å². The van der Waals surface area contributed by atoms with Crippen molar-refractivity contribution in [1.82, 2.24) is 14.4 Å². The minimum atomic E-state index is -0.125. The number of benzene rings is 1. The van der Waals surface area contributed by atoms with Crippen molar-refractivity contribution in [2.75, 3.05) is 25.2 Å². The van der Waals surface area contributed by atoms with Crippen LogP contribution in [0.1, 0.15) is 29.0 Å². The zero-order chi connectivity index (χ0) is 20.7. The molecule has 1 aliphatic heterocycles. The number of carbonyl (C=O) groups is 1. The Morgan fingerprint density at radius 3 is 3.00 bits per heavy atom. The van der Waals surface area contributed by atoms with Crippen LogP contribution in [0.25, 0.3) is 15.9 Å². The number of imidazole rings is 1. The second kappa shape index (κ2) is 7.70. The van der Waals surface area contributed by atoms with E-state index in [1.807, 2.05) is 53.9 Å². The minimum Gasteiger partial charge on any atom is -0.494 e. The topological polar surface area (TPSA) is 69.0 Å². The van der Waals surface area contributed by atoms with Crippen LogP contribution in [-0.4, -0.2) is 46.6 Å². The Bertz CT molecular complexity index is 1230. The van der Waals surface area contributed by atoms with Gasteiger partial charge >= 0.3 is 0 Å². The lowest BCUT2D eigenvalue weighted by molar-refractivity contribution is 0.0912. The number of rotatable bonds is 5. The molecule has 1 saturated heterocycles. The molecule has 0 saturated carbocycles. The second-order valence-electron chi connectivity index (χ2n) is 7.33. The van der Waals surface area contributed by atoms with E-state index in [0.717, 1.165) is 35.3 Å². The fourth-order valence-electron chi connectivity index (χ4n) is 3.93. The summed E-state index contributed by atoms with van der Waals surface area (Å²) in [5, 5.41) is 0.639. The summed E-state index contributed by atoms with van der Waals surface area (Å²) in [6.45, 7) is 3.06. The van der Waals surface area contributed by atoms with Crippen molar-refractivity contribution in [3.05, 3.63) is 54.0 Å². The summed E-state index contributed by atoms with van der Waals surface area (Å²) >= 11 is 1.48. The van der Waals surface area contributed by atoms with Crippen molar-refractivity contribution in [1.29, 1.82) is 0 Å². The van der Waals surface area contributed by atoms with Crippen LogP contribution in [0.2, 0.25) is 0 Å². The number of aryl methyl sites for hydroxylation is 1. The molecule has 0 N–H and O–H groups in total. The molecule has 1 aromatic carbocycles. The number of hydrogen-bond donors (Lipinski definition) is 0. The summed E-state index contributed by atoms with van der Waals surface area (Å²) in [7, 11) is 1.63. The van der Waals surface area contributed by atoms with Gasteiger partial charge in [-0.3, -0.25) is 14.1 Å². The zero-order valence-electron chi connectivity index (χ0n) is 16.9. The summed E-state index contributed by atoms with van der Waals surface area (Å²) in [5.74, 6) is 0.574. The first-order chi connectivity index (χ1) is 14.7. The molecular formula is C22H22N4O3S. The first kappa shape index (κ1) is 19.0. The maximum absolute atomic E-state index is 13.8. The van der Waals surface area contributed by atoms with Crippen LogP contribution in [0.3, 0.4) is 0 Å². The van der Waals surface area contributed by atoms with Gasteiger partial charge in [0, 0.05) is 12.8 Å². The molecule has 1 fully saturated rings. The molecule has 0 bridgehead atoms. The standard InChI is InChI=1S/C22H22N4O3S/c1-14-20(25-11-4-3-10-18(25)23-14)21(27)26(13-15-7-6-12-29-15)22-24-19-16(28-2)8-5-9-17(19)30-22/h3-5,8-11,15H,6-7,12-13H2,1-2H3. The van der Waals surface area contributed by atoms with E-state index in [1.165, 1.54) is 11.3 Å². The number of methoxy groups -OCH3 is 1. The van der Waals surface area contributed by atoms with Gasteiger partial charge in [-0.25, -0.2) is 9.97 Å². The molecule has 1 aliphatic rings. The summed E-state index contributed by atoms with van der Waals surface area (Å²) in [5.41, 5.74) is 2.76. The maximum Gasteiger partial charge on any atom is 0.279 e. The van der Waals surface area contributed by atoms with Gasteiger partial charge in [-0.15, -0.1) is 0 Å². The molecule has 7 nitrogen and oxygen atoms in total. The molecule has 154 valence electrons. The molecule has 3 aromatic heterocycles. The lowest BCUT2D eigenvalue weighted by Crippen LogP contribution is -2.38. The maximum atomic E-state index is 13.8. The number of para-hydroxylation sites is 1. The number of amides is 1. The van der Waals surface area contributed by atoms with Crippen molar-refractivity contribution in [2.24, 2.45) is 0 Å². The average molecular weight is 423 g/mol. The number of hydrogen-bond acceptors (Lipinski definition) is 6. The van der Waals surface area contributed by atoms with Gasteiger partial charge in [0.15, 0.2) is 5.13 Å². The molecule has 5 rings (SSSR count). The van der Waals surface area contributed by atoms with E-state index in [0.29, 0.717) is 28.8 Å². The van der Waals surface area contributed by atoms with Gasteiger partial charge < -0.3 is 9.47 Å². The third kappa shape index (κ3) is 3.22. The van der Waals surface area contributed by atoms with Gasteiger partial charge in [0.25, 0.3) is 5.91 Å². The Kier molecular flexibility index (Phi) is 4.88. The number of aromatic nitrogens is 3. The molecule has 4 aromatic rings. The van der Waals surface area contributed by atoms with Crippen LogP contribution >= 0.6 is 11.3 Å². The Morgan fingerprint density at radius 1 is 1.30 bits per heavy atom. The van der Waals surface area contributed by atoms with E-state index in [-0.39, 0.29) is 12.0 Å². The fraction of sp³-hybridized carbons (Fsp3) is 0.318. The highest BCUT2D eigenvalue weighted by Gasteiger charge is 2.30. The van der Waals surface area contributed by atoms with Gasteiger partial charge in [-0.1, -0.05) is 23.5 Å². The number of carbonyl (C=O) groups excluding carboxylic acids is 1. The molecule has 0 radical (unpaired) electrons. The largest absolute Gasteiger partial charge is 0.494 e. The monoisotopic (exact) mass is 422 g/mol. The Labute approximate surface area is 177 Å². The van der Waals surface area contributed by atoms with Crippen LogP contribution < -0.4 is 9.64 Å². The number of fused-ring (bicyclic) bond motifs is 2. The smallest absolute Gasteiger partial charge is 0.279 e. The Balaban J connectivity index is 1.61. The molecule has 30 heavy (non-hydrogen) atoms. The van der Waals surface area contributed by atoms with Crippen molar-refractivity contribution in [3.63, 3.8) is 0 Å². The lowest BCUT2D eigenvalue weighted by Gasteiger charge is -2.23. The van der Waals surface area contributed by atoms with Crippen molar-refractivity contribution >= 4 is 38.2 Å². The Morgan fingerprint density at radius 2 is 2.20 bits per heavy atom. The highest BCUT2D eigenvalue weighted by Crippen LogP contribution is 2.35. The van der Waals surface area contributed by atoms with E-state index in [1.54, 1.807) is 12.0 Å². The summed E-state index contributed by atoms with van der Waals surface area (Å²) in [6, 6.07) is 11.5. The van der Waals surface area contributed by atoms with Crippen LogP contribution in [0, 0.1) is 6.92 Å². The van der Waals surface area contributed by atoms with E-state index < -0.39 is 0 Å². The fourth-order valence-corrected chi connectivity index (χ4v) is 4.92. The van der Waals surface area contributed by atoms with Gasteiger partial charge in [-0.05, 0) is 44.0 Å². The Hall–Kier alpha value is -2.97. The van der Waals surface area contributed by atoms with Crippen LogP contribution in [0.5, 0.6) is 5.75 Å². The minimum absolute atomic E-state index is 0.00218. The summed E-state index contributed by atoms with van der Waals surface area (Å²) < 4.78 is 14.1. The lowest BCUT2D eigenvalue weighted by atomic mass is 10.2. The number of anilines is 1. The second-order valence-corrected chi connectivity index (χ2v) is 8.34. The predicted octanol–water partition coefficient (Wildman–Crippen LogP) is 4.09. The summed E-state index contributed by atoms with van der Waals surface area (Å²) in [4.78, 5) is 24.9. The molecular weight excluding hydrogens is 400 g/mol. The summed E-state index contributed by atoms with van der Waals surface area (Å²) in [6.07, 6.45) is 3.82. The van der Waals surface area contributed by atoms with E-state index in [4.69, 9.17) is 14.5 Å². The van der Waals surface area contributed by atoms with Crippen LogP contribution in [0.4, 0.5) is 5.13 Å². The molecule has 1 unspecified atom stereocenters. The van der Waals surface area contributed by atoms with Gasteiger partial charge in [0.2, 0.25) is 0 Å². The highest BCUT2D eigenvalue weighted by molar-refractivity contribution is 7.22. The number of nitrogens with zero attached hydrogens (tertiary/aromatic N) is 4. The molecule has 8 heteroatoms. The van der Waals surface area contributed by atoms with Gasteiger partial charge in [0.05, 0.1) is 30.2 Å². The molecule has 1 atom stereocenters. The molecule has 0 aliphatic carbocycles. The number of thiazole rings is 1. The molecule has 1 amide bonds. The van der Waals surface area contributed by atoms with Gasteiger partial charge in [0.1, 0.15) is 22.6 Å². The quantitative estimate of drug-likeness (QED) is 0.485. The van der Waals surface area contributed by atoms with E-state index >= 15 is 0 Å². The van der Waals surface area contributed by atoms with E-state index in [2.05, 4.69) is 4.98 Å². The third-order valence-corrected chi connectivity index (χ3v) is 6.43. The van der Waals surface area contributed by atoms with Crippen molar-refractivity contribution in [2.45, 2.75) is 25.9 Å². The van der Waals surface area contributed by atoms with Crippen molar-refractivity contribution < 1.29 is 14.3 Å². The SMILES string of the molecule is COc1cccc2sc(N(CC3CCCO3)C(=O)c3c(C)nc4ccccn34)nc12. The molecule has 4 heterocycles. The third-order valence-electron chi connectivity index (χ3n) is 5.38. The normalized spacial score (nSPS) is 16.4. The number of ether oxygens (including phenoxy) is 2. The van der Waals surface area contributed by atoms with Crippen molar-refractivity contribution in [3.8, 4) is 5.75 Å². The molecule has 0 spiro atoms. The predicted molar refractivity (Wildman–Crippen MR) is 117 cm³/mol. The first-order valence-electron chi connectivity index (χ1n) is 9.96. The zero-order valence-corrected chi connectivity index (χ0v) is 17.7. The van der Waals surface area contributed by atoms with E-state index in [9.17, 15) is 4.79 Å². The van der Waals surface area contributed by atoms with Gasteiger partial charge in [-0.2, -0.15) is 0 Å². The highest BCUT2D eigenvalue weighted by atomic mass is 32.1.